The van der Waals surface area contributed by atoms with Crippen molar-refractivity contribution in [1.82, 2.24) is 15.1 Å². The fraction of sp³-hybridized carbons (Fsp3) is 0.286. The Hall–Kier alpha value is -2.47. The summed E-state index contributed by atoms with van der Waals surface area (Å²) >= 11 is 1.42. The third-order valence-electron chi connectivity index (χ3n) is 4.76. The molecule has 2 aromatic carbocycles. The molecule has 1 heterocycles. The van der Waals surface area contributed by atoms with Crippen molar-refractivity contribution in [2.45, 2.75) is 17.9 Å². The number of nitrogens with zero attached hydrogens (tertiary/aromatic N) is 3. The molecule has 0 spiro atoms. The van der Waals surface area contributed by atoms with E-state index in [0.29, 0.717) is 17.4 Å². The van der Waals surface area contributed by atoms with Crippen LogP contribution >= 0.6 is 11.8 Å². The second-order valence-electron chi connectivity index (χ2n) is 6.91. The van der Waals surface area contributed by atoms with E-state index in [1.807, 2.05) is 36.2 Å². The lowest BCUT2D eigenvalue weighted by atomic mass is 10.1. The van der Waals surface area contributed by atoms with Gasteiger partial charge in [-0.05, 0) is 43.0 Å². The van der Waals surface area contributed by atoms with Gasteiger partial charge in [-0.2, -0.15) is 0 Å². The molecule has 0 bridgehead atoms. The first-order valence-corrected chi connectivity index (χ1v) is 9.98. The fourth-order valence-electron chi connectivity index (χ4n) is 3.04. The number of hydrogen-bond acceptors (Lipinski definition) is 4. The Morgan fingerprint density at radius 3 is 2.52 bits per heavy atom. The number of benzene rings is 2. The van der Waals surface area contributed by atoms with Gasteiger partial charge in [-0.3, -0.25) is 4.79 Å². The topological polar surface area (TPSA) is 46.1 Å². The van der Waals surface area contributed by atoms with Crippen LogP contribution in [0.3, 0.4) is 0 Å². The molecule has 27 heavy (non-hydrogen) atoms. The van der Waals surface area contributed by atoms with Crippen LogP contribution in [0.4, 0.5) is 4.39 Å². The van der Waals surface area contributed by atoms with Gasteiger partial charge in [0.1, 0.15) is 16.5 Å². The van der Waals surface area contributed by atoms with E-state index in [0.717, 1.165) is 27.9 Å². The minimum absolute atomic E-state index is 0.111. The Labute approximate surface area is 161 Å². The average molecular weight is 381 g/mol. The van der Waals surface area contributed by atoms with Gasteiger partial charge in [-0.15, -0.1) is 10.2 Å². The van der Waals surface area contributed by atoms with E-state index in [1.54, 1.807) is 12.1 Å². The zero-order chi connectivity index (χ0) is 18.8. The maximum atomic E-state index is 13.2. The predicted octanol–water partition coefficient (Wildman–Crippen LogP) is 4.40. The van der Waals surface area contributed by atoms with Crippen molar-refractivity contribution in [2.24, 2.45) is 5.92 Å². The molecular formula is C21H20FN3OS. The van der Waals surface area contributed by atoms with Crippen LogP contribution in [0.15, 0.2) is 53.6 Å². The average Bonchev–Trinajstić information content (AvgIpc) is 3.50. The minimum atomic E-state index is -0.281. The second-order valence-corrected chi connectivity index (χ2v) is 7.88. The van der Waals surface area contributed by atoms with Gasteiger partial charge in [-0.1, -0.05) is 36.0 Å². The van der Waals surface area contributed by atoms with Crippen molar-refractivity contribution >= 4 is 28.4 Å². The van der Waals surface area contributed by atoms with Crippen LogP contribution in [-0.4, -0.2) is 40.3 Å². The Bertz CT molecular complexity index is 973. The number of halogens is 1. The van der Waals surface area contributed by atoms with Gasteiger partial charge in [0.25, 0.3) is 0 Å². The maximum Gasteiger partial charge on any atom is 0.232 e. The summed E-state index contributed by atoms with van der Waals surface area (Å²) in [6.45, 7) is 0.843. The number of hydrogen-bond donors (Lipinski definition) is 0. The Balaban J connectivity index is 1.58. The number of amides is 1. The number of fused-ring (bicyclic) bond motifs is 1. The molecule has 4 rings (SSSR count). The molecule has 3 aromatic rings. The highest BCUT2D eigenvalue weighted by atomic mass is 32.2. The van der Waals surface area contributed by atoms with Crippen LogP contribution in [-0.2, 0) is 4.79 Å². The van der Waals surface area contributed by atoms with E-state index < -0.39 is 0 Å². The number of aromatic nitrogens is 2. The molecule has 0 atom stereocenters. The number of carbonyl (C=O) groups is 1. The third kappa shape index (κ3) is 4.11. The lowest BCUT2D eigenvalue weighted by Gasteiger charge is -2.16. The summed E-state index contributed by atoms with van der Waals surface area (Å²) in [5.74, 6) is 0.856. The van der Waals surface area contributed by atoms with Crippen molar-refractivity contribution in [1.29, 1.82) is 0 Å². The molecular weight excluding hydrogens is 361 g/mol. The van der Waals surface area contributed by atoms with Crippen LogP contribution < -0.4 is 0 Å². The molecule has 1 aliphatic carbocycles. The number of thioether (sulfide) groups is 1. The standard InChI is InChI=1S/C21H20FN3OS/c1-25(12-14-6-7-14)19(26)13-27-21-18-5-3-2-4-17(18)20(23-24-21)15-8-10-16(22)11-9-15/h2-5,8-11,14H,6-7,12-13H2,1H3. The Kier molecular flexibility index (Phi) is 5.07. The third-order valence-corrected chi connectivity index (χ3v) is 5.72. The summed E-state index contributed by atoms with van der Waals surface area (Å²) in [5, 5.41) is 11.4. The van der Waals surface area contributed by atoms with Crippen LogP contribution in [0.5, 0.6) is 0 Å². The number of carbonyl (C=O) groups excluding carboxylic acids is 1. The molecule has 0 unspecified atom stereocenters. The lowest BCUT2D eigenvalue weighted by Crippen LogP contribution is -2.30. The molecule has 1 fully saturated rings. The van der Waals surface area contributed by atoms with E-state index in [9.17, 15) is 9.18 Å². The lowest BCUT2D eigenvalue weighted by molar-refractivity contribution is -0.127. The molecule has 1 aromatic heterocycles. The molecule has 0 aliphatic heterocycles. The quantitative estimate of drug-likeness (QED) is 0.594. The first-order valence-electron chi connectivity index (χ1n) is 9.00. The highest BCUT2D eigenvalue weighted by Crippen LogP contribution is 2.32. The first-order chi connectivity index (χ1) is 13.1. The minimum Gasteiger partial charge on any atom is -0.345 e. The summed E-state index contributed by atoms with van der Waals surface area (Å²) in [7, 11) is 1.86. The van der Waals surface area contributed by atoms with Crippen LogP contribution in [0, 0.1) is 11.7 Å². The molecule has 1 amide bonds. The van der Waals surface area contributed by atoms with E-state index in [-0.39, 0.29) is 11.7 Å². The van der Waals surface area contributed by atoms with Crippen LogP contribution in [0.1, 0.15) is 12.8 Å². The largest absolute Gasteiger partial charge is 0.345 e. The maximum absolute atomic E-state index is 13.2. The van der Waals surface area contributed by atoms with Crippen molar-refractivity contribution in [3.63, 3.8) is 0 Å². The summed E-state index contributed by atoms with van der Waals surface area (Å²) in [5.41, 5.74) is 1.53. The van der Waals surface area contributed by atoms with Gasteiger partial charge >= 0.3 is 0 Å². The summed E-state index contributed by atoms with van der Waals surface area (Å²) in [6, 6.07) is 14.1. The van der Waals surface area contributed by atoms with Gasteiger partial charge in [0.05, 0.1) is 5.75 Å². The van der Waals surface area contributed by atoms with Gasteiger partial charge < -0.3 is 4.90 Å². The van der Waals surface area contributed by atoms with Crippen molar-refractivity contribution in [3.05, 3.63) is 54.3 Å². The molecule has 0 saturated heterocycles. The highest BCUT2D eigenvalue weighted by molar-refractivity contribution is 8.00. The second kappa shape index (κ2) is 7.64. The SMILES string of the molecule is CN(CC1CC1)C(=O)CSc1nnc(-c2ccc(F)cc2)c2ccccc12. The summed E-state index contributed by atoms with van der Waals surface area (Å²) in [4.78, 5) is 14.2. The Morgan fingerprint density at radius 1 is 1.11 bits per heavy atom. The zero-order valence-corrected chi connectivity index (χ0v) is 15.9. The van der Waals surface area contributed by atoms with E-state index in [1.165, 1.54) is 36.7 Å². The summed E-state index contributed by atoms with van der Waals surface area (Å²) < 4.78 is 13.2. The number of rotatable bonds is 6. The predicted molar refractivity (Wildman–Crippen MR) is 106 cm³/mol. The molecule has 1 aliphatic rings. The molecule has 1 saturated carbocycles. The summed E-state index contributed by atoms with van der Waals surface area (Å²) in [6.07, 6.45) is 2.46. The molecule has 0 N–H and O–H groups in total. The van der Waals surface area contributed by atoms with Gasteiger partial charge in [0, 0.05) is 29.9 Å². The molecule has 0 radical (unpaired) electrons. The Morgan fingerprint density at radius 2 is 1.81 bits per heavy atom. The van der Waals surface area contributed by atoms with Crippen molar-refractivity contribution < 1.29 is 9.18 Å². The highest BCUT2D eigenvalue weighted by Gasteiger charge is 2.25. The van der Waals surface area contributed by atoms with Crippen LogP contribution in [0.25, 0.3) is 22.0 Å². The smallest absolute Gasteiger partial charge is 0.232 e. The first kappa shape index (κ1) is 17.9. The molecule has 138 valence electrons. The van der Waals surface area contributed by atoms with Gasteiger partial charge in [-0.25, -0.2) is 4.39 Å². The van der Waals surface area contributed by atoms with Gasteiger partial charge in [0.2, 0.25) is 5.91 Å². The normalized spacial score (nSPS) is 13.7. The molecule has 6 heteroatoms. The fourth-order valence-corrected chi connectivity index (χ4v) is 3.95. The monoisotopic (exact) mass is 381 g/mol. The molecule has 4 nitrogen and oxygen atoms in total. The van der Waals surface area contributed by atoms with Crippen LogP contribution in [0.2, 0.25) is 0 Å². The zero-order valence-electron chi connectivity index (χ0n) is 15.1. The van der Waals surface area contributed by atoms with E-state index >= 15 is 0 Å². The van der Waals surface area contributed by atoms with E-state index in [4.69, 9.17) is 0 Å². The van der Waals surface area contributed by atoms with Crippen molar-refractivity contribution in [2.75, 3.05) is 19.3 Å². The van der Waals surface area contributed by atoms with E-state index in [2.05, 4.69) is 10.2 Å². The van der Waals surface area contributed by atoms with Crippen molar-refractivity contribution in [3.8, 4) is 11.3 Å². The van der Waals surface area contributed by atoms with Gasteiger partial charge in [0.15, 0.2) is 0 Å².